The standard InChI is InChI=1S/C13H16N4OS/c1-8-6-9(7-10(14)16-8)11(18)17-13(2,3)12-15-4-5-19-12/h4-7H,1-3H3,(H2,14,16)(H,17,18). The topological polar surface area (TPSA) is 80.9 Å². The molecule has 2 heterocycles. The third-order valence-corrected chi connectivity index (χ3v) is 3.73. The lowest BCUT2D eigenvalue weighted by Gasteiger charge is -2.23. The summed E-state index contributed by atoms with van der Waals surface area (Å²) in [5.41, 5.74) is 6.37. The molecule has 3 N–H and O–H groups in total. The van der Waals surface area contributed by atoms with Gasteiger partial charge in [-0.25, -0.2) is 9.97 Å². The Morgan fingerprint density at radius 1 is 1.42 bits per heavy atom. The van der Waals surface area contributed by atoms with Gasteiger partial charge < -0.3 is 11.1 Å². The number of aryl methyl sites for hydroxylation is 1. The van der Waals surface area contributed by atoms with Crippen molar-refractivity contribution in [2.45, 2.75) is 26.3 Å². The number of carbonyl (C=O) groups excluding carboxylic acids is 1. The second-order valence-corrected chi connectivity index (χ2v) is 5.73. The minimum atomic E-state index is -0.517. The molecule has 0 aliphatic heterocycles. The number of hydrogen-bond donors (Lipinski definition) is 2. The average molecular weight is 276 g/mol. The molecule has 1 amide bonds. The van der Waals surface area contributed by atoms with Crippen LogP contribution in [0.1, 0.15) is 34.9 Å². The van der Waals surface area contributed by atoms with Gasteiger partial charge in [-0.15, -0.1) is 11.3 Å². The number of nitrogens with one attached hydrogen (secondary N) is 1. The molecule has 2 aromatic heterocycles. The average Bonchev–Trinajstić information content (AvgIpc) is 2.80. The first-order valence-electron chi connectivity index (χ1n) is 5.85. The number of aromatic nitrogens is 2. The first-order chi connectivity index (χ1) is 8.88. The Balaban J connectivity index is 2.21. The van der Waals surface area contributed by atoms with Gasteiger partial charge in [0.2, 0.25) is 0 Å². The highest BCUT2D eigenvalue weighted by Gasteiger charge is 2.26. The van der Waals surface area contributed by atoms with Crippen molar-refractivity contribution >= 4 is 23.1 Å². The highest BCUT2D eigenvalue weighted by atomic mass is 32.1. The largest absolute Gasteiger partial charge is 0.384 e. The summed E-state index contributed by atoms with van der Waals surface area (Å²) in [6.07, 6.45) is 1.72. The zero-order valence-electron chi connectivity index (χ0n) is 11.1. The lowest BCUT2D eigenvalue weighted by molar-refractivity contribution is 0.0911. The van der Waals surface area contributed by atoms with Crippen LogP contribution in [-0.2, 0) is 5.54 Å². The molecule has 2 aromatic rings. The molecular weight excluding hydrogens is 260 g/mol. The molecule has 6 heteroatoms. The fourth-order valence-electron chi connectivity index (χ4n) is 1.77. The molecule has 0 saturated heterocycles. The number of pyridine rings is 1. The van der Waals surface area contributed by atoms with E-state index in [1.807, 2.05) is 19.2 Å². The van der Waals surface area contributed by atoms with Gasteiger partial charge in [0.25, 0.3) is 5.91 Å². The summed E-state index contributed by atoms with van der Waals surface area (Å²) in [7, 11) is 0. The van der Waals surface area contributed by atoms with E-state index in [-0.39, 0.29) is 5.91 Å². The SMILES string of the molecule is Cc1cc(C(=O)NC(C)(C)c2nccs2)cc(N)n1. The maximum atomic E-state index is 12.2. The van der Waals surface area contributed by atoms with E-state index in [2.05, 4.69) is 15.3 Å². The summed E-state index contributed by atoms with van der Waals surface area (Å²) < 4.78 is 0. The number of anilines is 1. The lowest BCUT2D eigenvalue weighted by Crippen LogP contribution is -2.41. The highest BCUT2D eigenvalue weighted by molar-refractivity contribution is 7.09. The third-order valence-electron chi connectivity index (χ3n) is 2.63. The molecule has 0 atom stereocenters. The van der Waals surface area contributed by atoms with E-state index in [0.29, 0.717) is 11.4 Å². The first kappa shape index (κ1) is 13.5. The van der Waals surface area contributed by atoms with E-state index in [4.69, 9.17) is 5.73 Å². The predicted octanol–water partition coefficient (Wildman–Crippen LogP) is 2.09. The van der Waals surface area contributed by atoms with E-state index >= 15 is 0 Å². The molecule has 0 fully saturated rings. The van der Waals surface area contributed by atoms with Gasteiger partial charge in [-0.1, -0.05) is 0 Å². The summed E-state index contributed by atoms with van der Waals surface area (Å²) in [6, 6.07) is 3.28. The summed E-state index contributed by atoms with van der Waals surface area (Å²) >= 11 is 1.51. The Kier molecular flexibility index (Phi) is 3.53. The number of nitrogens with two attached hydrogens (primary N) is 1. The molecule has 0 bridgehead atoms. The minimum absolute atomic E-state index is 0.183. The first-order valence-corrected chi connectivity index (χ1v) is 6.73. The van der Waals surface area contributed by atoms with Gasteiger partial charge in [-0.05, 0) is 32.9 Å². The molecule has 0 saturated carbocycles. The van der Waals surface area contributed by atoms with E-state index in [1.165, 1.54) is 11.3 Å². The number of nitrogen functional groups attached to an aromatic ring is 1. The van der Waals surface area contributed by atoms with Crippen molar-refractivity contribution in [3.05, 3.63) is 40.0 Å². The molecular formula is C13H16N4OS. The van der Waals surface area contributed by atoms with Crippen LogP contribution in [-0.4, -0.2) is 15.9 Å². The maximum absolute atomic E-state index is 12.2. The molecule has 19 heavy (non-hydrogen) atoms. The number of rotatable bonds is 3. The van der Waals surface area contributed by atoms with Crippen LogP contribution in [0.5, 0.6) is 0 Å². The fourth-order valence-corrected chi connectivity index (χ4v) is 2.48. The molecule has 0 radical (unpaired) electrons. The normalized spacial score (nSPS) is 11.3. The van der Waals surface area contributed by atoms with Gasteiger partial charge in [0.1, 0.15) is 10.8 Å². The Labute approximate surface area is 115 Å². The highest BCUT2D eigenvalue weighted by Crippen LogP contribution is 2.22. The van der Waals surface area contributed by atoms with Gasteiger partial charge in [0.05, 0.1) is 5.54 Å². The summed E-state index contributed by atoms with van der Waals surface area (Å²) in [5.74, 6) is 0.162. The minimum Gasteiger partial charge on any atom is -0.384 e. The summed E-state index contributed by atoms with van der Waals surface area (Å²) in [4.78, 5) is 20.5. The molecule has 0 spiro atoms. The van der Waals surface area contributed by atoms with Crippen molar-refractivity contribution in [1.82, 2.24) is 15.3 Å². The third kappa shape index (κ3) is 3.08. The lowest BCUT2D eigenvalue weighted by atomic mass is 10.1. The van der Waals surface area contributed by atoms with Crippen molar-refractivity contribution in [1.29, 1.82) is 0 Å². The van der Waals surface area contributed by atoms with Crippen LogP contribution < -0.4 is 11.1 Å². The quantitative estimate of drug-likeness (QED) is 0.899. The van der Waals surface area contributed by atoms with Crippen molar-refractivity contribution in [2.24, 2.45) is 0 Å². The molecule has 100 valence electrons. The van der Waals surface area contributed by atoms with E-state index in [9.17, 15) is 4.79 Å². The van der Waals surface area contributed by atoms with Crippen LogP contribution >= 0.6 is 11.3 Å². The molecule has 5 nitrogen and oxygen atoms in total. The smallest absolute Gasteiger partial charge is 0.252 e. The van der Waals surface area contributed by atoms with E-state index in [1.54, 1.807) is 25.3 Å². The number of hydrogen-bond acceptors (Lipinski definition) is 5. The van der Waals surface area contributed by atoms with Gasteiger partial charge in [0.15, 0.2) is 0 Å². The van der Waals surface area contributed by atoms with Crippen LogP contribution in [0.4, 0.5) is 5.82 Å². The zero-order chi connectivity index (χ0) is 14.0. The maximum Gasteiger partial charge on any atom is 0.252 e. The van der Waals surface area contributed by atoms with Crippen molar-refractivity contribution in [3.8, 4) is 0 Å². The van der Waals surface area contributed by atoms with Crippen molar-refractivity contribution in [2.75, 3.05) is 5.73 Å². The second-order valence-electron chi connectivity index (χ2n) is 4.84. The Morgan fingerprint density at radius 3 is 2.74 bits per heavy atom. The van der Waals surface area contributed by atoms with Gasteiger partial charge in [0, 0.05) is 22.8 Å². The Morgan fingerprint density at radius 2 is 2.16 bits per heavy atom. The Hall–Kier alpha value is -1.95. The van der Waals surface area contributed by atoms with Gasteiger partial charge in [-0.2, -0.15) is 0 Å². The molecule has 0 aliphatic rings. The monoisotopic (exact) mass is 276 g/mol. The zero-order valence-corrected chi connectivity index (χ0v) is 11.9. The van der Waals surface area contributed by atoms with Crippen molar-refractivity contribution < 1.29 is 4.79 Å². The van der Waals surface area contributed by atoms with Crippen molar-refractivity contribution in [3.63, 3.8) is 0 Å². The summed E-state index contributed by atoms with van der Waals surface area (Å²) in [5, 5.41) is 5.70. The van der Waals surface area contributed by atoms with Crippen LogP contribution in [0, 0.1) is 6.92 Å². The van der Waals surface area contributed by atoms with Crippen LogP contribution in [0.3, 0.4) is 0 Å². The van der Waals surface area contributed by atoms with Crippen LogP contribution in [0.25, 0.3) is 0 Å². The van der Waals surface area contributed by atoms with Gasteiger partial charge >= 0.3 is 0 Å². The number of thiazole rings is 1. The number of amides is 1. The predicted molar refractivity (Wildman–Crippen MR) is 76.0 cm³/mol. The summed E-state index contributed by atoms with van der Waals surface area (Å²) in [6.45, 7) is 5.64. The van der Waals surface area contributed by atoms with Crippen LogP contribution in [0.15, 0.2) is 23.7 Å². The van der Waals surface area contributed by atoms with Crippen LogP contribution in [0.2, 0.25) is 0 Å². The fraction of sp³-hybridized carbons (Fsp3) is 0.308. The number of carbonyl (C=O) groups is 1. The molecule has 2 rings (SSSR count). The molecule has 0 aliphatic carbocycles. The van der Waals surface area contributed by atoms with E-state index in [0.717, 1.165) is 10.7 Å². The second kappa shape index (κ2) is 4.97. The molecule has 0 unspecified atom stereocenters. The Bertz CT molecular complexity index is 572. The van der Waals surface area contributed by atoms with Gasteiger partial charge in [-0.3, -0.25) is 4.79 Å². The number of nitrogens with zero attached hydrogens (tertiary/aromatic N) is 2. The van der Waals surface area contributed by atoms with E-state index < -0.39 is 5.54 Å². The molecule has 0 aromatic carbocycles.